The number of halogens is 1. The van der Waals surface area contributed by atoms with Crippen LogP contribution in [0.2, 0.25) is 0 Å². The lowest BCUT2D eigenvalue weighted by Gasteiger charge is -2.38. The Hall–Kier alpha value is -3.79. The Morgan fingerprint density at radius 2 is 1.59 bits per heavy atom. The number of fused-ring (bicyclic) bond motifs is 2. The van der Waals surface area contributed by atoms with E-state index in [1.807, 2.05) is 54.6 Å². The van der Waals surface area contributed by atoms with Crippen LogP contribution in [0.3, 0.4) is 0 Å². The van der Waals surface area contributed by atoms with E-state index in [-0.39, 0.29) is 11.7 Å². The zero-order chi connectivity index (χ0) is 20.0. The summed E-state index contributed by atoms with van der Waals surface area (Å²) in [5.41, 5.74) is 4.45. The van der Waals surface area contributed by atoms with Gasteiger partial charge in [-0.2, -0.15) is 0 Å². The molecule has 1 atom stereocenters. The van der Waals surface area contributed by atoms with Gasteiger partial charge in [-0.3, -0.25) is 14.7 Å². The third-order valence-electron chi connectivity index (χ3n) is 5.37. The monoisotopic (exact) mass is 380 g/mol. The molecule has 4 aromatic rings. The molecule has 1 aromatic heterocycles. The molecule has 0 radical (unpaired) electrons. The first-order valence-electron chi connectivity index (χ1n) is 9.36. The summed E-state index contributed by atoms with van der Waals surface area (Å²) >= 11 is 0. The lowest BCUT2D eigenvalue weighted by Crippen LogP contribution is -2.40. The Balaban J connectivity index is 1.79. The SMILES string of the molecule is C=C1c2ccccc2C(=O)N(c2cccc3cccnc23)C1c1ccc(F)cc1. The number of pyridine rings is 1. The van der Waals surface area contributed by atoms with E-state index >= 15 is 0 Å². The standard InChI is InChI=1S/C25H17FN2O/c1-16-20-8-2-3-9-21(20)25(29)28(24(16)18-11-13-19(26)14-12-18)22-10-4-6-17-7-5-15-27-23(17)22/h2-15,24H,1H2. The molecule has 2 heterocycles. The summed E-state index contributed by atoms with van der Waals surface area (Å²) in [6.45, 7) is 4.32. The molecule has 5 rings (SSSR count). The van der Waals surface area contributed by atoms with Crippen molar-refractivity contribution in [3.8, 4) is 0 Å². The van der Waals surface area contributed by atoms with Crippen molar-refractivity contribution in [3.05, 3.63) is 114 Å². The van der Waals surface area contributed by atoms with Crippen LogP contribution in [0.15, 0.2) is 91.6 Å². The van der Waals surface area contributed by atoms with Gasteiger partial charge in [0.05, 0.1) is 17.2 Å². The molecular formula is C25H17FN2O. The van der Waals surface area contributed by atoms with E-state index in [9.17, 15) is 9.18 Å². The smallest absolute Gasteiger partial charge is 0.259 e. The Labute approximate surface area is 167 Å². The van der Waals surface area contributed by atoms with Gasteiger partial charge in [-0.25, -0.2) is 4.39 Å². The molecule has 0 N–H and O–H groups in total. The highest BCUT2D eigenvalue weighted by Crippen LogP contribution is 2.44. The summed E-state index contributed by atoms with van der Waals surface area (Å²) in [6, 6.07) is 22.9. The van der Waals surface area contributed by atoms with Crippen molar-refractivity contribution >= 4 is 28.1 Å². The van der Waals surface area contributed by atoms with Crippen LogP contribution in [0.1, 0.15) is 27.5 Å². The van der Waals surface area contributed by atoms with Crippen LogP contribution in [0, 0.1) is 5.82 Å². The summed E-state index contributed by atoms with van der Waals surface area (Å²) in [5, 5.41) is 0.945. The fourth-order valence-corrected chi connectivity index (χ4v) is 4.03. The first-order chi connectivity index (χ1) is 14.1. The Morgan fingerprint density at radius 3 is 2.38 bits per heavy atom. The quantitative estimate of drug-likeness (QED) is 0.441. The number of para-hydroxylation sites is 1. The maximum Gasteiger partial charge on any atom is 0.259 e. The van der Waals surface area contributed by atoms with E-state index in [0.717, 1.165) is 27.6 Å². The first kappa shape index (κ1) is 17.3. The van der Waals surface area contributed by atoms with Crippen LogP contribution < -0.4 is 4.90 Å². The number of amides is 1. The van der Waals surface area contributed by atoms with E-state index in [1.165, 1.54) is 12.1 Å². The number of carbonyl (C=O) groups is 1. The molecule has 4 heteroatoms. The average Bonchev–Trinajstić information content (AvgIpc) is 2.77. The van der Waals surface area contributed by atoms with Crippen molar-refractivity contribution in [2.45, 2.75) is 6.04 Å². The highest BCUT2D eigenvalue weighted by Gasteiger charge is 2.37. The number of aromatic nitrogens is 1. The van der Waals surface area contributed by atoms with Gasteiger partial charge in [-0.15, -0.1) is 0 Å². The second-order valence-electron chi connectivity index (χ2n) is 7.05. The molecule has 1 aliphatic heterocycles. The van der Waals surface area contributed by atoms with Gasteiger partial charge in [-0.1, -0.05) is 55.1 Å². The Kier molecular flexibility index (Phi) is 3.98. The van der Waals surface area contributed by atoms with Crippen LogP contribution in [0.5, 0.6) is 0 Å². The fourth-order valence-electron chi connectivity index (χ4n) is 4.03. The number of hydrogen-bond donors (Lipinski definition) is 0. The molecule has 1 amide bonds. The minimum absolute atomic E-state index is 0.125. The largest absolute Gasteiger partial charge is 0.295 e. The van der Waals surface area contributed by atoms with E-state index in [4.69, 9.17) is 0 Å². The second-order valence-corrected chi connectivity index (χ2v) is 7.05. The molecular weight excluding hydrogens is 363 g/mol. The van der Waals surface area contributed by atoms with Gasteiger partial charge in [0.1, 0.15) is 5.82 Å². The lowest BCUT2D eigenvalue weighted by molar-refractivity contribution is 0.0978. The molecule has 0 saturated carbocycles. The molecule has 1 aliphatic rings. The van der Waals surface area contributed by atoms with Gasteiger partial charge in [0.25, 0.3) is 5.91 Å². The Morgan fingerprint density at radius 1 is 0.862 bits per heavy atom. The summed E-state index contributed by atoms with van der Waals surface area (Å²) in [4.78, 5) is 19.9. The minimum Gasteiger partial charge on any atom is -0.295 e. The molecule has 0 bridgehead atoms. The Bertz CT molecular complexity index is 1260. The third-order valence-corrected chi connectivity index (χ3v) is 5.37. The predicted molar refractivity (Wildman–Crippen MR) is 113 cm³/mol. The van der Waals surface area contributed by atoms with Crippen LogP contribution in [0.4, 0.5) is 10.1 Å². The number of rotatable bonds is 2. The van der Waals surface area contributed by atoms with Crippen molar-refractivity contribution in [1.29, 1.82) is 0 Å². The number of anilines is 1. The molecule has 0 fully saturated rings. The normalized spacial score (nSPS) is 16.2. The van der Waals surface area contributed by atoms with Gasteiger partial charge in [0.2, 0.25) is 0 Å². The van der Waals surface area contributed by atoms with E-state index in [0.29, 0.717) is 11.3 Å². The zero-order valence-corrected chi connectivity index (χ0v) is 15.5. The molecule has 3 nitrogen and oxygen atoms in total. The maximum absolute atomic E-state index is 13.6. The number of hydrogen-bond acceptors (Lipinski definition) is 2. The highest BCUT2D eigenvalue weighted by molar-refractivity contribution is 6.16. The maximum atomic E-state index is 13.6. The van der Waals surface area contributed by atoms with Gasteiger partial charge >= 0.3 is 0 Å². The number of benzene rings is 3. The van der Waals surface area contributed by atoms with E-state index < -0.39 is 6.04 Å². The first-order valence-corrected chi connectivity index (χ1v) is 9.36. The van der Waals surface area contributed by atoms with Gasteiger partial charge in [0.15, 0.2) is 0 Å². The summed E-state index contributed by atoms with van der Waals surface area (Å²) < 4.78 is 13.6. The molecule has 0 aliphatic carbocycles. The van der Waals surface area contributed by atoms with Gasteiger partial charge in [-0.05, 0) is 47.0 Å². The van der Waals surface area contributed by atoms with Crippen molar-refractivity contribution in [2.24, 2.45) is 0 Å². The summed E-state index contributed by atoms with van der Waals surface area (Å²) in [7, 11) is 0. The van der Waals surface area contributed by atoms with Crippen LogP contribution in [0.25, 0.3) is 16.5 Å². The molecule has 3 aromatic carbocycles. The van der Waals surface area contributed by atoms with Crippen molar-refractivity contribution in [1.82, 2.24) is 4.98 Å². The lowest BCUT2D eigenvalue weighted by atomic mass is 9.85. The van der Waals surface area contributed by atoms with Crippen molar-refractivity contribution < 1.29 is 9.18 Å². The second kappa shape index (κ2) is 6.67. The summed E-state index contributed by atoms with van der Waals surface area (Å²) in [5.74, 6) is -0.444. The third kappa shape index (κ3) is 2.72. The van der Waals surface area contributed by atoms with Crippen molar-refractivity contribution in [3.63, 3.8) is 0 Å². The molecule has 1 unspecified atom stereocenters. The zero-order valence-electron chi connectivity index (χ0n) is 15.5. The summed E-state index contributed by atoms with van der Waals surface area (Å²) in [6.07, 6.45) is 1.72. The molecule has 0 spiro atoms. The fraction of sp³-hybridized carbons (Fsp3) is 0.0400. The van der Waals surface area contributed by atoms with Crippen LogP contribution in [-0.2, 0) is 0 Å². The number of carbonyl (C=O) groups excluding carboxylic acids is 1. The molecule has 29 heavy (non-hydrogen) atoms. The van der Waals surface area contributed by atoms with Gasteiger partial charge < -0.3 is 0 Å². The highest BCUT2D eigenvalue weighted by atomic mass is 19.1. The predicted octanol–water partition coefficient (Wildman–Crippen LogP) is 5.79. The topological polar surface area (TPSA) is 33.2 Å². The van der Waals surface area contributed by atoms with E-state index in [1.54, 1.807) is 23.2 Å². The number of nitrogens with zero attached hydrogens (tertiary/aromatic N) is 2. The molecule has 140 valence electrons. The van der Waals surface area contributed by atoms with Crippen LogP contribution in [-0.4, -0.2) is 10.9 Å². The minimum atomic E-state index is -0.453. The van der Waals surface area contributed by atoms with Gasteiger partial charge in [0, 0.05) is 17.1 Å². The van der Waals surface area contributed by atoms with Crippen LogP contribution >= 0.6 is 0 Å². The van der Waals surface area contributed by atoms with E-state index in [2.05, 4.69) is 11.6 Å². The van der Waals surface area contributed by atoms with Crippen molar-refractivity contribution in [2.75, 3.05) is 4.90 Å². The average molecular weight is 380 g/mol. The molecule has 0 saturated heterocycles.